The van der Waals surface area contributed by atoms with Crippen LogP contribution in [0.3, 0.4) is 0 Å². The van der Waals surface area contributed by atoms with E-state index in [2.05, 4.69) is 15.2 Å². The number of anilines is 1. The standard InChI is InChI=1S/C21H27N3O2/c1-14-6-7-19(22-11-14)23-21(26)18-5-4-8-24(13-18)12-17-9-15(2)20(25)16(3)10-17/h6-7,9-11,18,25H,4-5,8,12-13H2,1-3H3,(H,22,23,26). The molecule has 1 unspecified atom stereocenters. The smallest absolute Gasteiger partial charge is 0.229 e. The third-order valence-corrected chi connectivity index (χ3v) is 5.00. The maximum Gasteiger partial charge on any atom is 0.229 e. The number of hydrogen-bond acceptors (Lipinski definition) is 4. The number of rotatable bonds is 4. The van der Waals surface area contributed by atoms with Crippen LogP contribution >= 0.6 is 0 Å². The lowest BCUT2D eigenvalue weighted by molar-refractivity contribution is -0.121. The molecule has 0 aliphatic carbocycles. The quantitative estimate of drug-likeness (QED) is 0.882. The number of aromatic hydroxyl groups is 1. The number of phenolic OH excluding ortho intramolecular Hbond substituents is 1. The SMILES string of the molecule is Cc1ccc(NC(=O)C2CCCN(Cc3cc(C)c(O)c(C)c3)C2)nc1. The number of carbonyl (C=O) groups excluding carboxylic acids is 1. The number of benzene rings is 1. The van der Waals surface area contributed by atoms with Gasteiger partial charge in [0, 0.05) is 19.3 Å². The molecule has 0 radical (unpaired) electrons. The van der Waals surface area contributed by atoms with Crippen molar-refractivity contribution in [2.45, 2.75) is 40.2 Å². The zero-order valence-electron chi connectivity index (χ0n) is 15.7. The summed E-state index contributed by atoms with van der Waals surface area (Å²) in [6.45, 7) is 8.36. The summed E-state index contributed by atoms with van der Waals surface area (Å²) in [5, 5.41) is 12.9. The molecule has 5 nitrogen and oxygen atoms in total. The van der Waals surface area contributed by atoms with Crippen LogP contribution in [-0.4, -0.2) is 34.0 Å². The highest BCUT2D eigenvalue weighted by molar-refractivity contribution is 5.91. The van der Waals surface area contributed by atoms with Gasteiger partial charge in [0.25, 0.3) is 0 Å². The Bertz CT molecular complexity index is 763. The number of carbonyl (C=O) groups is 1. The molecule has 1 atom stereocenters. The van der Waals surface area contributed by atoms with Gasteiger partial charge in [-0.2, -0.15) is 0 Å². The summed E-state index contributed by atoms with van der Waals surface area (Å²) in [5.74, 6) is 1.01. The van der Waals surface area contributed by atoms with Crippen molar-refractivity contribution in [2.24, 2.45) is 5.92 Å². The molecule has 0 bridgehead atoms. The molecule has 0 spiro atoms. The van der Waals surface area contributed by atoms with Gasteiger partial charge in [-0.15, -0.1) is 0 Å². The molecule has 1 aliphatic rings. The second-order valence-electron chi connectivity index (χ2n) is 7.36. The van der Waals surface area contributed by atoms with Crippen molar-refractivity contribution >= 4 is 11.7 Å². The van der Waals surface area contributed by atoms with E-state index in [1.807, 2.05) is 45.0 Å². The summed E-state index contributed by atoms with van der Waals surface area (Å²) < 4.78 is 0. The molecule has 5 heteroatoms. The first-order chi connectivity index (χ1) is 12.4. The van der Waals surface area contributed by atoms with E-state index in [0.29, 0.717) is 11.6 Å². The molecular formula is C21H27N3O2. The van der Waals surface area contributed by atoms with Gasteiger partial charge in [-0.3, -0.25) is 9.69 Å². The number of phenols is 1. The Hall–Kier alpha value is -2.40. The molecule has 2 N–H and O–H groups in total. The predicted molar refractivity (Wildman–Crippen MR) is 103 cm³/mol. The second-order valence-corrected chi connectivity index (χ2v) is 7.36. The van der Waals surface area contributed by atoms with Crippen LogP contribution in [-0.2, 0) is 11.3 Å². The molecule has 3 rings (SSSR count). The van der Waals surface area contributed by atoms with Crippen LogP contribution in [0.5, 0.6) is 5.75 Å². The minimum absolute atomic E-state index is 0.0221. The van der Waals surface area contributed by atoms with Crippen LogP contribution < -0.4 is 5.32 Å². The van der Waals surface area contributed by atoms with Crippen LogP contribution in [0.15, 0.2) is 30.5 Å². The van der Waals surface area contributed by atoms with E-state index >= 15 is 0 Å². The third kappa shape index (κ3) is 4.41. The van der Waals surface area contributed by atoms with Crippen molar-refractivity contribution < 1.29 is 9.90 Å². The van der Waals surface area contributed by atoms with Gasteiger partial charge in [0.1, 0.15) is 11.6 Å². The van der Waals surface area contributed by atoms with Crippen LogP contribution in [0.2, 0.25) is 0 Å². The first-order valence-electron chi connectivity index (χ1n) is 9.17. The molecule has 2 aromatic rings. The van der Waals surface area contributed by atoms with Gasteiger partial charge >= 0.3 is 0 Å². The lowest BCUT2D eigenvalue weighted by Crippen LogP contribution is -2.40. The normalized spacial score (nSPS) is 17.9. The van der Waals surface area contributed by atoms with Crippen molar-refractivity contribution in [1.82, 2.24) is 9.88 Å². The highest BCUT2D eigenvalue weighted by Gasteiger charge is 2.26. The number of piperidine rings is 1. The Morgan fingerprint density at radius 1 is 1.27 bits per heavy atom. The molecule has 26 heavy (non-hydrogen) atoms. The van der Waals surface area contributed by atoms with Gasteiger partial charge in [0.15, 0.2) is 0 Å². The van der Waals surface area contributed by atoms with Crippen molar-refractivity contribution in [1.29, 1.82) is 0 Å². The second kappa shape index (κ2) is 7.87. The molecule has 138 valence electrons. The number of hydrogen-bond donors (Lipinski definition) is 2. The van der Waals surface area contributed by atoms with Crippen LogP contribution in [0, 0.1) is 26.7 Å². The average molecular weight is 353 g/mol. The first-order valence-corrected chi connectivity index (χ1v) is 9.17. The Kier molecular flexibility index (Phi) is 5.57. The lowest BCUT2D eigenvalue weighted by atomic mass is 9.96. The molecule has 1 amide bonds. The average Bonchev–Trinajstić information content (AvgIpc) is 2.62. The fraction of sp³-hybridized carbons (Fsp3) is 0.429. The molecular weight excluding hydrogens is 326 g/mol. The Morgan fingerprint density at radius 3 is 2.65 bits per heavy atom. The summed E-state index contributed by atoms with van der Waals surface area (Å²) >= 11 is 0. The fourth-order valence-electron chi connectivity index (χ4n) is 3.58. The van der Waals surface area contributed by atoms with Gasteiger partial charge < -0.3 is 10.4 Å². The number of nitrogens with one attached hydrogen (secondary N) is 1. The van der Waals surface area contributed by atoms with E-state index in [4.69, 9.17) is 0 Å². The Labute approximate surface area is 155 Å². The summed E-state index contributed by atoms with van der Waals surface area (Å²) in [7, 11) is 0. The number of aryl methyl sites for hydroxylation is 3. The summed E-state index contributed by atoms with van der Waals surface area (Å²) in [6, 6.07) is 7.85. The van der Waals surface area contributed by atoms with Crippen molar-refractivity contribution in [3.8, 4) is 5.75 Å². The maximum atomic E-state index is 12.6. The number of pyridine rings is 1. The minimum Gasteiger partial charge on any atom is -0.507 e. The number of nitrogens with zero attached hydrogens (tertiary/aromatic N) is 2. The van der Waals surface area contributed by atoms with E-state index < -0.39 is 0 Å². The number of aromatic nitrogens is 1. The van der Waals surface area contributed by atoms with Crippen LogP contribution in [0.1, 0.15) is 35.1 Å². The van der Waals surface area contributed by atoms with Crippen molar-refractivity contribution in [3.05, 3.63) is 52.7 Å². The summed E-state index contributed by atoms with van der Waals surface area (Å²) in [6.07, 6.45) is 3.68. The Balaban J connectivity index is 1.61. The van der Waals surface area contributed by atoms with Crippen molar-refractivity contribution in [3.63, 3.8) is 0 Å². The van der Waals surface area contributed by atoms with E-state index in [0.717, 1.165) is 49.2 Å². The minimum atomic E-state index is -0.0221. The molecule has 1 aromatic heterocycles. The van der Waals surface area contributed by atoms with Gasteiger partial charge in [-0.25, -0.2) is 4.98 Å². The fourth-order valence-corrected chi connectivity index (χ4v) is 3.58. The highest BCUT2D eigenvalue weighted by atomic mass is 16.3. The monoisotopic (exact) mass is 353 g/mol. The van der Waals surface area contributed by atoms with Gasteiger partial charge in [-0.1, -0.05) is 18.2 Å². The van der Waals surface area contributed by atoms with E-state index in [1.54, 1.807) is 6.20 Å². The molecule has 1 fully saturated rings. The lowest BCUT2D eigenvalue weighted by Gasteiger charge is -2.32. The van der Waals surface area contributed by atoms with E-state index in [9.17, 15) is 9.90 Å². The first kappa shape index (κ1) is 18.4. The van der Waals surface area contributed by atoms with Crippen molar-refractivity contribution in [2.75, 3.05) is 18.4 Å². The number of amides is 1. The molecule has 1 saturated heterocycles. The van der Waals surface area contributed by atoms with Gasteiger partial charge in [-0.05, 0) is 68.5 Å². The molecule has 2 heterocycles. The largest absolute Gasteiger partial charge is 0.507 e. The zero-order valence-corrected chi connectivity index (χ0v) is 15.7. The third-order valence-electron chi connectivity index (χ3n) is 5.00. The van der Waals surface area contributed by atoms with Gasteiger partial charge in [0.2, 0.25) is 5.91 Å². The Morgan fingerprint density at radius 2 is 2.00 bits per heavy atom. The van der Waals surface area contributed by atoms with E-state index in [-0.39, 0.29) is 11.8 Å². The zero-order chi connectivity index (χ0) is 18.7. The molecule has 0 saturated carbocycles. The molecule has 1 aromatic carbocycles. The predicted octanol–water partition coefficient (Wildman–Crippen LogP) is 3.56. The van der Waals surface area contributed by atoms with Gasteiger partial charge in [0.05, 0.1) is 5.92 Å². The number of likely N-dealkylation sites (tertiary alicyclic amines) is 1. The van der Waals surface area contributed by atoms with Crippen LogP contribution in [0.4, 0.5) is 5.82 Å². The molecule has 1 aliphatic heterocycles. The summed E-state index contributed by atoms with van der Waals surface area (Å²) in [5.41, 5.74) is 4.05. The maximum absolute atomic E-state index is 12.6. The topological polar surface area (TPSA) is 65.5 Å². The highest BCUT2D eigenvalue weighted by Crippen LogP contribution is 2.25. The summed E-state index contributed by atoms with van der Waals surface area (Å²) in [4.78, 5) is 19.2. The van der Waals surface area contributed by atoms with E-state index in [1.165, 1.54) is 5.56 Å². The van der Waals surface area contributed by atoms with Crippen LogP contribution in [0.25, 0.3) is 0 Å².